The Bertz CT molecular complexity index is 663. The first-order chi connectivity index (χ1) is 9.06. The van der Waals surface area contributed by atoms with Gasteiger partial charge in [0.15, 0.2) is 8.38 Å². The third-order valence-corrected chi connectivity index (χ3v) is 4.65. The Morgan fingerprint density at radius 2 is 2.21 bits per heavy atom. The zero-order valence-electron chi connectivity index (χ0n) is 9.99. The fourth-order valence-electron chi connectivity index (χ4n) is 1.73. The van der Waals surface area contributed by atoms with Gasteiger partial charge in [-0.15, -0.1) is 11.3 Å². The van der Waals surface area contributed by atoms with Crippen LogP contribution in [-0.2, 0) is 0 Å². The summed E-state index contributed by atoms with van der Waals surface area (Å²) in [5, 5.41) is 12.3. The normalized spacial score (nSPS) is 12.4. The number of rotatable bonds is 3. The lowest BCUT2D eigenvalue weighted by molar-refractivity contribution is 0.0967. The van der Waals surface area contributed by atoms with Crippen molar-refractivity contribution in [1.82, 2.24) is 5.32 Å². The van der Waals surface area contributed by atoms with E-state index in [2.05, 4.69) is 5.32 Å². The van der Waals surface area contributed by atoms with E-state index < -0.39 is 14.0 Å². The molecule has 0 saturated carbocycles. The minimum atomic E-state index is -2.34. The van der Waals surface area contributed by atoms with Gasteiger partial charge in [0.2, 0.25) is 0 Å². The van der Waals surface area contributed by atoms with Crippen molar-refractivity contribution in [3.63, 3.8) is 0 Å². The molecule has 19 heavy (non-hydrogen) atoms. The summed E-state index contributed by atoms with van der Waals surface area (Å²) in [4.78, 5) is 30.5. The summed E-state index contributed by atoms with van der Waals surface area (Å²) < 4.78 is 0.916. The highest BCUT2D eigenvalue weighted by atomic mass is 32.1. The zero-order valence-corrected chi connectivity index (χ0v) is 11.7. The van der Waals surface area contributed by atoms with E-state index in [-0.39, 0.29) is 5.91 Å². The molecular formula is C12H11N2O3PS. The Labute approximate surface area is 115 Å². The molecule has 0 aliphatic carbocycles. The third-order valence-electron chi connectivity index (χ3n) is 2.66. The molecule has 0 fully saturated rings. The van der Waals surface area contributed by atoms with Gasteiger partial charge in [0.05, 0.1) is 10.9 Å². The van der Waals surface area contributed by atoms with Crippen molar-refractivity contribution in [3.05, 3.63) is 34.7 Å². The van der Waals surface area contributed by atoms with E-state index in [0.29, 0.717) is 10.4 Å². The number of carbonyl (C=O) groups excluding carboxylic acids is 1. The SMILES string of the molecule is CNC(=O)c1cc2cc(C(C#N)P(O)O)ccc2s1. The second-order valence-electron chi connectivity index (χ2n) is 3.84. The fourth-order valence-corrected chi connectivity index (χ4v) is 3.25. The molecular weight excluding hydrogens is 283 g/mol. The first-order valence-electron chi connectivity index (χ1n) is 5.39. The summed E-state index contributed by atoms with van der Waals surface area (Å²) in [6.07, 6.45) is 0. The molecule has 3 N–H and O–H groups in total. The van der Waals surface area contributed by atoms with Gasteiger partial charge in [0.1, 0.15) is 5.66 Å². The summed E-state index contributed by atoms with van der Waals surface area (Å²) in [6, 6.07) is 8.79. The van der Waals surface area contributed by atoms with Gasteiger partial charge in [-0.05, 0) is 29.1 Å². The lowest BCUT2D eigenvalue weighted by Crippen LogP contribution is -2.15. The number of hydrogen-bond acceptors (Lipinski definition) is 5. The highest BCUT2D eigenvalue weighted by Crippen LogP contribution is 2.44. The predicted octanol–water partition coefficient (Wildman–Crippen LogP) is 2.12. The van der Waals surface area contributed by atoms with Crippen LogP contribution >= 0.6 is 19.7 Å². The van der Waals surface area contributed by atoms with Crippen molar-refractivity contribution in [1.29, 1.82) is 5.26 Å². The number of hydrogen-bond donors (Lipinski definition) is 3. The Balaban J connectivity index is 2.46. The number of thiophene rings is 1. The molecule has 1 aromatic heterocycles. The zero-order chi connectivity index (χ0) is 14.0. The quantitative estimate of drug-likeness (QED) is 0.756. The van der Waals surface area contributed by atoms with Crippen molar-refractivity contribution >= 4 is 35.7 Å². The van der Waals surface area contributed by atoms with E-state index in [9.17, 15) is 14.6 Å². The van der Waals surface area contributed by atoms with Crippen LogP contribution in [0.5, 0.6) is 0 Å². The number of carbonyl (C=O) groups is 1. The molecule has 0 bridgehead atoms. The monoisotopic (exact) mass is 294 g/mol. The van der Waals surface area contributed by atoms with Gasteiger partial charge < -0.3 is 15.1 Å². The van der Waals surface area contributed by atoms with Crippen molar-refractivity contribution in [2.75, 3.05) is 7.05 Å². The van der Waals surface area contributed by atoms with Crippen molar-refractivity contribution in [2.45, 2.75) is 5.66 Å². The summed E-state index contributed by atoms with van der Waals surface area (Å²) >= 11 is 1.35. The predicted molar refractivity (Wildman–Crippen MR) is 74.9 cm³/mol. The molecule has 0 radical (unpaired) electrons. The van der Waals surface area contributed by atoms with E-state index in [1.54, 1.807) is 31.3 Å². The summed E-state index contributed by atoms with van der Waals surface area (Å²) in [6.45, 7) is 0. The fraction of sp³-hybridized carbons (Fsp3) is 0.167. The van der Waals surface area contributed by atoms with E-state index in [1.807, 2.05) is 6.07 Å². The van der Waals surface area contributed by atoms with Crippen LogP contribution in [0.4, 0.5) is 0 Å². The van der Waals surface area contributed by atoms with Crippen LogP contribution in [0.15, 0.2) is 24.3 Å². The standard InChI is InChI=1S/C12H11N2O3PS/c1-14-12(15)11-5-8-4-7(2-3-10(8)19-11)9(6-13)18(16)17/h2-5,9,16-17H,1H3,(H,14,15). The molecule has 7 heteroatoms. The number of nitrogens with zero attached hydrogens (tertiary/aromatic N) is 1. The number of nitriles is 1. The molecule has 1 heterocycles. The smallest absolute Gasteiger partial charge is 0.261 e. The molecule has 0 aliphatic rings. The molecule has 1 amide bonds. The maximum Gasteiger partial charge on any atom is 0.261 e. The molecule has 0 saturated heterocycles. The summed E-state index contributed by atoms with van der Waals surface area (Å²) in [5.74, 6) is -0.161. The Morgan fingerprint density at radius 3 is 2.79 bits per heavy atom. The van der Waals surface area contributed by atoms with E-state index in [4.69, 9.17) is 5.26 Å². The largest absolute Gasteiger partial charge is 0.354 e. The molecule has 2 aromatic rings. The lowest BCUT2D eigenvalue weighted by atomic mass is 10.1. The topological polar surface area (TPSA) is 93.4 Å². The minimum absolute atomic E-state index is 0.161. The molecule has 98 valence electrons. The van der Waals surface area contributed by atoms with Crippen molar-refractivity contribution < 1.29 is 14.6 Å². The first kappa shape index (κ1) is 13.9. The highest BCUT2D eigenvalue weighted by molar-refractivity contribution is 7.45. The number of nitrogens with one attached hydrogen (secondary N) is 1. The third kappa shape index (κ3) is 2.75. The van der Waals surface area contributed by atoms with Crippen LogP contribution in [0, 0.1) is 11.3 Å². The maximum absolute atomic E-state index is 11.5. The van der Waals surface area contributed by atoms with Crippen LogP contribution in [0.3, 0.4) is 0 Å². The molecule has 5 nitrogen and oxygen atoms in total. The van der Waals surface area contributed by atoms with Gasteiger partial charge in [0.25, 0.3) is 5.91 Å². The van der Waals surface area contributed by atoms with E-state index in [0.717, 1.165) is 10.1 Å². The van der Waals surface area contributed by atoms with Gasteiger partial charge >= 0.3 is 0 Å². The Hall–Kier alpha value is -1.51. The van der Waals surface area contributed by atoms with E-state index in [1.165, 1.54) is 11.3 Å². The number of fused-ring (bicyclic) bond motifs is 1. The summed E-state index contributed by atoms with van der Waals surface area (Å²) in [5.41, 5.74) is -0.380. The number of amides is 1. The molecule has 0 aliphatic heterocycles. The Morgan fingerprint density at radius 1 is 1.47 bits per heavy atom. The van der Waals surface area contributed by atoms with Crippen molar-refractivity contribution in [3.8, 4) is 6.07 Å². The summed E-state index contributed by atoms with van der Waals surface area (Å²) in [7, 11) is -0.777. The van der Waals surface area contributed by atoms with Gasteiger partial charge in [-0.3, -0.25) is 4.79 Å². The molecule has 0 spiro atoms. The molecule has 1 unspecified atom stereocenters. The maximum atomic E-state index is 11.5. The average molecular weight is 294 g/mol. The highest BCUT2D eigenvalue weighted by Gasteiger charge is 2.20. The van der Waals surface area contributed by atoms with Crippen LogP contribution < -0.4 is 5.32 Å². The van der Waals surface area contributed by atoms with Crippen LogP contribution in [0.2, 0.25) is 0 Å². The molecule has 1 atom stereocenters. The van der Waals surface area contributed by atoms with E-state index >= 15 is 0 Å². The van der Waals surface area contributed by atoms with Crippen LogP contribution in [-0.4, -0.2) is 22.7 Å². The average Bonchev–Trinajstić information content (AvgIpc) is 2.81. The molecule has 1 aromatic carbocycles. The lowest BCUT2D eigenvalue weighted by Gasteiger charge is -2.09. The van der Waals surface area contributed by atoms with Gasteiger partial charge in [-0.25, -0.2) is 0 Å². The van der Waals surface area contributed by atoms with Crippen LogP contribution in [0.1, 0.15) is 20.9 Å². The van der Waals surface area contributed by atoms with Gasteiger partial charge in [-0.1, -0.05) is 6.07 Å². The van der Waals surface area contributed by atoms with Crippen molar-refractivity contribution in [2.24, 2.45) is 0 Å². The van der Waals surface area contributed by atoms with Gasteiger partial charge in [-0.2, -0.15) is 5.26 Å². The van der Waals surface area contributed by atoms with Crippen LogP contribution in [0.25, 0.3) is 10.1 Å². The second kappa shape index (κ2) is 5.64. The Kier molecular flexibility index (Phi) is 4.13. The second-order valence-corrected chi connectivity index (χ2v) is 6.08. The minimum Gasteiger partial charge on any atom is -0.354 e. The molecule has 2 rings (SSSR count). The number of benzene rings is 1. The first-order valence-corrected chi connectivity index (χ1v) is 7.52. The van der Waals surface area contributed by atoms with Gasteiger partial charge in [0, 0.05) is 11.7 Å².